The lowest BCUT2D eigenvalue weighted by molar-refractivity contribution is 0.260. The average molecular weight is 265 g/mol. The number of nitrogens with two attached hydrogens (primary N) is 1. The predicted octanol–water partition coefficient (Wildman–Crippen LogP) is 2.92. The van der Waals surface area contributed by atoms with Crippen LogP contribution < -0.4 is 10.5 Å². The monoisotopic (exact) mass is 265 g/mol. The van der Waals surface area contributed by atoms with E-state index >= 15 is 0 Å². The Morgan fingerprint density at radius 2 is 2.21 bits per heavy atom. The standard InChI is InChI=1S/C15H27N3O/c1-4-6-11-7-8-13(16)12(9-11)15-14(19-3)10-17-18(15)5-2/h10-13H,4-9,16H2,1-3H3. The van der Waals surface area contributed by atoms with Gasteiger partial charge in [0.05, 0.1) is 19.0 Å². The third-order valence-electron chi connectivity index (χ3n) is 4.42. The van der Waals surface area contributed by atoms with Crippen molar-refractivity contribution in [3.05, 3.63) is 11.9 Å². The number of hydrogen-bond acceptors (Lipinski definition) is 3. The molecule has 1 fully saturated rings. The minimum Gasteiger partial charge on any atom is -0.493 e. The number of rotatable bonds is 5. The van der Waals surface area contributed by atoms with Crippen LogP contribution in [0.3, 0.4) is 0 Å². The summed E-state index contributed by atoms with van der Waals surface area (Å²) in [5.74, 6) is 2.10. The van der Waals surface area contributed by atoms with Crippen molar-refractivity contribution in [3.8, 4) is 5.75 Å². The fourth-order valence-electron chi connectivity index (χ4n) is 3.43. The van der Waals surface area contributed by atoms with Gasteiger partial charge in [0.25, 0.3) is 0 Å². The fourth-order valence-corrected chi connectivity index (χ4v) is 3.43. The number of methoxy groups -OCH3 is 1. The molecule has 0 aromatic carbocycles. The molecule has 3 atom stereocenters. The molecule has 3 unspecified atom stereocenters. The highest BCUT2D eigenvalue weighted by molar-refractivity contribution is 5.30. The quantitative estimate of drug-likeness (QED) is 0.890. The van der Waals surface area contributed by atoms with Crippen LogP contribution in [0.25, 0.3) is 0 Å². The average Bonchev–Trinajstić information content (AvgIpc) is 2.84. The van der Waals surface area contributed by atoms with E-state index < -0.39 is 0 Å². The molecule has 0 saturated heterocycles. The van der Waals surface area contributed by atoms with Crippen LogP contribution in [0.1, 0.15) is 57.6 Å². The smallest absolute Gasteiger partial charge is 0.160 e. The van der Waals surface area contributed by atoms with Crippen LogP contribution >= 0.6 is 0 Å². The molecule has 0 radical (unpaired) electrons. The minimum atomic E-state index is 0.240. The Morgan fingerprint density at radius 1 is 1.42 bits per heavy atom. The Balaban J connectivity index is 2.24. The number of aryl methyl sites for hydroxylation is 1. The van der Waals surface area contributed by atoms with E-state index in [1.165, 1.54) is 31.4 Å². The highest BCUT2D eigenvalue weighted by Gasteiger charge is 2.33. The van der Waals surface area contributed by atoms with Crippen molar-refractivity contribution in [2.75, 3.05) is 7.11 Å². The van der Waals surface area contributed by atoms with Crippen LogP contribution in [-0.4, -0.2) is 22.9 Å². The topological polar surface area (TPSA) is 53.1 Å². The van der Waals surface area contributed by atoms with Crippen molar-refractivity contribution in [2.45, 2.75) is 64.5 Å². The molecule has 1 aromatic rings. The van der Waals surface area contributed by atoms with Gasteiger partial charge in [-0.05, 0) is 32.1 Å². The Kier molecular flexibility index (Phi) is 4.86. The van der Waals surface area contributed by atoms with Gasteiger partial charge in [-0.3, -0.25) is 4.68 Å². The molecular formula is C15H27N3O. The van der Waals surface area contributed by atoms with Gasteiger partial charge < -0.3 is 10.5 Å². The van der Waals surface area contributed by atoms with E-state index in [0.717, 1.165) is 24.6 Å². The van der Waals surface area contributed by atoms with E-state index in [2.05, 4.69) is 23.6 Å². The van der Waals surface area contributed by atoms with Crippen LogP contribution in [0.2, 0.25) is 0 Å². The first kappa shape index (κ1) is 14.4. The first-order valence-corrected chi connectivity index (χ1v) is 7.56. The normalized spacial score (nSPS) is 27.5. The molecule has 0 bridgehead atoms. The maximum absolute atomic E-state index is 6.38. The van der Waals surface area contributed by atoms with Gasteiger partial charge in [0.15, 0.2) is 5.75 Å². The van der Waals surface area contributed by atoms with E-state index in [0.29, 0.717) is 5.92 Å². The van der Waals surface area contributed by atoms with E-state index in [9.17, 15) is 0 Å². The lowest BCUT2D eigenvalue weighted by Gasteiger charge is -2.34. The maximum Gasteiger partial charge on any atom is 0.160 e. The van der Waals surface area contributed by atoms with Crippen molar-refractivity contribution < 1.29 is 4.74 Å². The Bertz CT molecular complexity index is 381. The first-order chi connectivity index (χ1) is 9.21. The molecule has 1 aliphatic rings. The van der Waals surface area contributed by atoms with Crippen LogP contribution in [0, 0.1) is 5.92 Å². The number of hydrogen-bond donors (Lipinski definition) is 1. The summed E-state index contributed by atoms with van der Waals surface area (Å²) in [6.07, 6.45) is 7.97. The molecule has 108 valence electrons. The van der Waals surface area contributed by atoms with Gasteiger partial charge in [-0.1, -0.05) is 19.8 Å². The van der Waals surface area contributed by atoms with Gasteiger partial charge in [-0.25, -0.2) is 0 Å². The Hall–Kier alpha value is -1.03. The summed E-state index contributed by atoms with van der Waals surface area (Å²) in [5, 5.41) is 4.42. The first-order valence-electron chi connectivity index (χ1n) is 7.56. The molecule has 4 nitrogen and oxygen atoms in total. The molecule has 1 heterocycles. The van der Waals surface area contributed by atoms with E-state index in [4.69, 9.17) is 10.5 Å². The predicted molar refractivity (Wildman–Crippen MR) is 77.4 cm³/mol. The molecule has 1 saturated carbocycles. The van der Waals surface area contributed by atoms with Crippen molar-refractivity contribution in [3.63, 3.8) is 0 Å². The lowest BCUT2D eigenvalue weighted by atomic mass is 9.75. The molecule has 0 aliphatic heterocycles. The van der Waals surface area contributed by atoms with Crippen LogP contribution in [0.4, 0.5) is 0 Å². The van der Waals surface area contributed by atoms with Crippen LogP contribution in [0.5, 0.6) is 5.75 Å². The fraction of sp³-hybridized carbons (Fsp3) is 0.800. The van der Waals surface area contributed by atoms with Crippen molar-refractivity contribution in [1.82, 2.24) is 9.78 Å². The zero-order chi connectivity index (χ0) is 13.8. The summed E-state index contributed by atoms with van der Waals surface area (Å²) in [4.78, 5) is 0. The van der Waals surface area contributed by atoms with Gasteiger partial charge >= 0.3 is 0 Å². The van der Waals surface area contributed by atoms with Crippen molar-refractivity contribution >= 4 is 0 Å². The highest BCUT2D eigenvalue weighted by atomic mass is 16.5. The number of ether oxygens (including phenoxy) is 1. The van der Waals surface area contributed by atoms with E-state index in [1.54, 1.807) is 7.11 Å². The maximum atomic E-state index is 6.38. The Morgan fingerprint density at radius 3 is 2.84 bits per heavy atom. The number of aromatic nitrogens is 2. The third kappa shape index (κ3) is 2.94. The van der Waals surface area contributed by atoms with E-state index in [1.807, 2.05) is 6.20 Å². The lowest BCUT2D eigenvalue weighted by Crippen LogP contribution is -2.36. The molecule has 2 rings (SSSR count). The second-order valence-electron chi connectivity index (χ2n) is 5.65. The van der Waals surface area contributed by atoms with Crippen LogP contribution in [-0.2, 0) is 6.54 Å². The molecular weight excluding hydrogens is 238 g/mol. The van der Waals surface area contributed by atoms with Crippen molar-refractivity contribution in [2.24, 2.45) is 11.7 Å². The highest BCUT2D eigenvalue weighted by Crippen LogP contribution is 2.40. The van der Waals surface area contributed by atoms with Gasteiger partial charge in [0.2, 0.25) is 0 Å². The van der Waals surface area contributed by atoms with E-state index in [-0.39, 0.29) is 6.04 Å². The van der Waals surface area contributed by atoms with Gasteiger partial charge in [0, 0.05) is 18.5 Å². The molecule has 19 heavy (non-hydrogen) atoms. The zero-order valence-electron chi connectivity index (χ0n) is 12.4. The second-order valence-corrected chi connectivity index (χ2v) is 5.65. The summed E-state index contributed by atoms with van der Waals surface area (Å²) in [6.45, 7) is 5.26. The SMILES string of the molecule is CCCC1CCC(N)C(c2c(OC)cnn2CC)C1. The zero-order valence-corrected chi connectivity index (χ0v) is 12.4. The third-order valence-corrected chi connectivity index (χ3v) is 4.42. The minimum absolute atomic E-state index is 0.240. The molecule has 0 amide bonds. The summed E-state index contributed by atoms with van der Waals surface area (Å²) in [7, 11) is 1.72. The Labute approximate surface area is 116 Å². The molecule has 4 heteroatoms. The molecule has 1 aliphatic carbocycles. The molecule has 2 N–H and O–H groups in total. The largest absolute Gasteiger partial charge is 0.493 e. The summed E-state index contributed by atoms with van der Waals surface area (Å²) in [6, 6.07) is 0.240. The van der Waals surface area contributed by atoms with Crippen molar-refractivity contribution in [1.29, 1.82) is 0 Å². The van der Waals surface area contributed by atoms with Gasteiger partial charge in [0.1, 0.15) is 0 Å². The summed E-state index contributed by atoms with van der Waals surface area (Å²) < 4.78 is 7.54. The van der Waals surface area contributed by atoms with Gasteiger partial charge in [-0.15, -0.1) is 0 Å². The molecule has 1 aromatic heterocycles. The summed E-state index contributed by atoms with van der Waals surface area (Å²) >= 11 is 0. The second kappa shape index (κ2) is 6.42. The van der Waals surface area contributed by atoms with Crippen LogP contribution in [0.15, 0.2) is 6.20 Å². The van der Waals surface area contributed by atoms with Gasteiger partial charge in [-0.2, -0.15) is 5.10 Å². The number of nitrogens with zero attached hydrogens (tertiary/aromatic N) is 2. The summed E-state index contributed by atoms with van der Waals surface area (Å²) in [5.41, 5.74) is 7.59. The molecule has 0 spiro atoms.